The van der Waals surface area contributed by atoms with E-state index in [1.165, 1.54) is 5.56 Å². The average molecular weight is 275 g/mol. The van der Waals surface area contributed by atoms with Gasteiger partial charge in [-0.15, -0.1) is 0 Å². The van der Waals surface area contributed by atoms with Gasteiger partial charge in [-0.2, -0.15) is 0 Å². The van der Waals surface area contributed by atoms with Crippen LogP contribution in [0.3, 0.4) is 0 Å². The van der Waals surface area contributed by atoms with Gasteiger partial charge in [0.2, 0.25) is 5.91 Å². The number of fused-ring (bicyclic) bond motifs is 1. The third-order valence-corrected chi connectivity index (χ3v) is 3.54. The summed E-state index contributed by atoms with van der Waals surface area (Å²) in [7, 11) is 0. The van der Waals surface area contributed by atoms with Crippen LogP contribution >= 0.6 is 0 Å². The highest BCUT2D eigenvalue weighted by molar-refractivity contribution is 5.82. The molecule has 1 heterocycles. The van der Waals surface area contributed by atoms with E-state index in [1.54, 1.807) is 0 Å². The molecule has 2 N–H and O–H groups in total. The van der Waals surface area contributed by atoms with Gasteiger partial charge in [0.1, 0.15) is 0 Å². The van der Waals surface area contributed by atoms with E-state index in [-0.39, 0.29) is 23.5 Å². The molecule has 0 spiro atoms. The SMILES string of the molecule is CC(NC1CCCc2cccnc21)C(=O)NC(C)(C)C. The second kappa shape index (κ2) is 5.92. The van der Waals surface area contributed by atoms with Crippen LogP contribution in [-0.4, -0.2) is 22.5 Å². The molecule has 20 heavy (non-hydrogen) atoms. The van der Waals surface area contributed by atoms with Gasteiger partial charge in [0, 0.05) is 11.7 Å². The molecule has 0 fully saturated rings. The summed E-state index contributed by atoms with van der Waals surface area (Å²) in [5, 5.41) is 6.43. The van der Waals surface area contributed by atoms with E-state index >= 15 is 0 Å². The van der Waals surface area contributed by atoms with Crippen LogP contribution in [0.5, 0.6) is 0 Å². The predicted octanol–water partition coefficient (Wildman–Crippen LogP) is 2.35. The Morgan fingerprint density at radius 1 is 1.45 bits per heavy atom. The van der Waals surface area contributed by atoms with Crippen molar-refractivity contribution >= 4 is 5.91 Å². The number of carbonyl (C=O) groups excluding carboxylic acids is 1. The van der Waals surface area contributed by atoms with Crippen molar-refractivity contribution in [2.75, 3.05) is 0 Å². The van der Waals surface area contributed by atoms with Crippen molar-refractivity contribution in [2.24, 2.45) is 0 Å². The van der Waals surface area contributed by atoms with Gasteiger partial charge in [0.05, 0.1) is 17.8 Å². The minimum absolute atomic E-state index is 0.0422. The number of carbonyl (C=O) groups is 1. The summed E-state index contributed by atoms with van der Waals surface area (Å²) in [4.78, 5) is 16.6. The largest absolute Gasteiger partial charge is 0.350 e. The van der Waals surface area contributed by atoms with Gasteiger partial charge in [-0.05, 0) is 58.6 Å². The average Bonchev–Trinajstić information content (AvgIpc) is 2.37. The van der Waals surface area contributed by atoms with Gasteiger partial charge in [-0.25, -0.2) is 0 Å². The lowest BCUT2D eigenvalue weighted by atomic mass is 9.91. The Morgan fingerprint density at radius 3 is 2.90 bits per heavy atom. The topological polar surface area (TPSA) is 54.0 Å². The van der Waals surface area contributed by atoms with Gasteiger partial charge in [0.25, 0.3) is 0 Å². The van der Waals surface area contributed by atoms with Crippen LogP contribution in [0, 0.1) is 0 Å². The zero-order valence-corrected chi connectivity index (χ0v) is 12.9. The highest BCUT2D eigenvalue weighted by Gasteiger charge is 2.26. The van der Waals surface area contributed by atoms with Gasteiger partial charge in [-0.1, -0.05) is 6.07 Å². The van der Waals surface area contributed by atoms with Crippen molar-refractivity contribution < 1.29 is 4.79 Å². The molecular weight excluding hydrogens is 250 g/mol. The quantitative estimate of drug-likeness (QED) is 0.890. The number of pyridine rings is 1. The molecule has 0 aromatic carbocycles. The minimum Gasteiger partial charge on any atom is -0.350 e. The zero-order chi connectivity index (χ0) is 14.8. The Balaban J connectivity index is 2.02. The smallest absolute Gasteiger partial charge is 0.237 e. The summed E-state index contributed by atoms with van der Waals surface area (Å²) in [5.41, 5.74) is 2.21. The Labute approximate surface area is 121 Å². The number of nitrogens with one attached hydrogen (secondary N) is 2. The lowest BCUT2D eigenvalue weighted by Gasteiger charge is -2.29. The Hall–Kier alpha value is -1.42. The maximum Gasteiger partial charge on any atom is 0.237 e. The first-order chi connectivity index (χ1) is 9.37. The molecule has 0 radical (unpaired) electrons. The van der Waals surface area contributed by atoms with E-state index < -0.39 is 0 Å². The number of aryl methyl sites for hydroxylation is 1. The number of nitrogens with zero attached hydrogens (tertiary/aromatic N) is 1. The number of rotatable bonds is 3. The number of amides is 1. The summed E-state index contributed by atoms with van der Waals surface area (Å²) in [6.45, 7) is 7.90. The molecule has 1 aliphatic rings. The zero-order valence-electron chi connectivity index (χ0n) is 12.9. The van der Waals surface area contributed by atoms with E-state index in [2.05, 4.69) is 21.7 Å². The Morgan fingerprint density at radius 2 is 2.20 bits per heavy atom. The van der Waals surface area contributed by atoms with Crippen LogP contribution in [0.4, 0.5) is 0 Å². The molecule has 0 aliphatic heterocycles. The van der Waals surface area contributed by atoms with Crippen molar-refractivity contribution in [3.05, 3.63) is 29.6 Å². The van der Waals surface area contributed by atoms with Gasteiger partial charge < -0.3 is 5.32 Å². The van der Waals surface area contributed by atoms with E-state index in [0.29, 0.717) is 0 Å². The normalized spacial score (nSPS) is 20.1. The molecule has 1 aromatic rings. The molecule has 2 atom stereocenters. The second-order valence-corrected chi connectivity index (χ2v) is 6.62. The molecular formula is C16H25N3O. The highest BCUT2D eigenvalue weighted by Crippen LogP contribution is 2.27. The first kappa shape index (κ1) is 15.0. The standard InChI is InChI=1S/C16H25N3O/c1-11(15(20)19-16(2,3)4)18-13-9-5-7-12-8-6-10-17-14(12)13/h6,8,10-11,13,18H,5,7,9H2,1-4H3,(H,19,20). The molecule has 110 valence electrons. The lowest BCUT2D eigenvalue weighted by Crippen LogP contribution is -2.50. The third kappa shape index (κ3) is 3.79. The summed E-state index contributed by atoms with van der Waals surface area (Å²) in [6, 6.07) is 4.08. The number of aromatic nitrogens is 1. The molecule has 4 heteroatoms. The molecule has 0 saturated carbocycles. The first-order valence-electron chi connectivity index (χ1n) is 7.39. The molecule has 0 bridgehead atoms. The molecule has 4 nitrogen and oxygen atoms in total. The fourth-order valence-electron chi connectivity index (χ4n) is 2.63. The van der Waals surface area contributed by atoms with Crippen molar-refractivity contribution in [1.29, 1.82) is 0 Å². The Kier molecular flexibility index (Phi) is 4.43. The lowest BCUT2D eigenvalue weighted by molar-refractivity contribution is -0.124. The molecule has 2 rings (SSSR count). The van der Waals surface area contributed by atoms with Gasteiger partial charge in [-0.3, -0.25) is 15.1 Å². The fourth-order valence-corrected chi connectivity index (χ4v) is 2.63. The van der Waals surface area contributed by atoms with Crippen molar-refractivity contribution in [2.45, 2.75) is 64.6 Å². The summed E-state index contributed by atoms with van der Waals surface area (Å²) in [5.74, 6) is 0.0422. The van der Waals surface area contributed by atoms with Crippen LogP contribution in [0.2, 0.25) is 0 Å². The summed E-state index contributed by atoms with van der Waals surface area (Å²) >= 11 is 0. The van der Waals surface area contributed by atoms with Crippen molar-refractivity contribution in [3.63, 3.8) is 0 Å². The second-order valence-electron chi connectivity index (χ2n) is 6.62. The minimum atomic E-state index is -0.216. The van der Waals surface area contributed by atoms with Gasteiger partial charge in [0.15, 0.2) is 0 Å². The van der Waals surface area contributed by atoms with Crippen molar-refractivity contribution in [1.82, 2.24) is 15.6 Å². The molecule has 1 aromatic heterocycles. The van der Waals surface area contributed by atoms with Crippen LogP contribution in [-0.2, 0) is 11.2 Å². The van der Waals surface area contributed by atoms with E-state index in [0.717, 1.165) is 25.0 Å². The molecule has 0 saturated heterocycles. The first-order valence-corrected chi connectivity index (χ1v) is 7.39. The highest BCUT2D eigenvalue weighted by atomic mass is 16.2. The predicted molar refractivity (Wildman–Crippen MR) is 80.4 cm³/mol. The molecule has 2 unspecified atom stereocenters. The van der Waals surface area contributed by atoms with Crippen LogP contribution < -0.4 is 10.6 Å². The maximum absolute atomic E-state index is 12.2. The van der Waals surface area contributed by atoms with Crippen LogP contribution in [0.1, 0.15) is 57.8 Å². The van der Waals surface area contributed by atoms with E-state index in [1.807, 2.05) is 40.0 Å². The fraction of sp³-hybridized carbons (Fsp3) is 0.625. The Bertz CT molecular complexity index is 479. The van der Waals surface area contributed by atoms with E-state index in [4.69, 9.17) is 0 Å². The van der Waals surface area contributed by atoms with Crippen LogP contribution in [0.15, 0.2) is 18.3 Å². The van der Waals surface area contributed by atoms with E-state index in [9.17, 15) is 4.79 Å². The summed E-state index contributed by atoms with van der Waals surface area (Å²) in [6.07, 6.45) is 5.10. The van der Waals surface area contributed by atoms with Gasteiger partial charge >= 0.3 is 0 Å². The summed E-state index contributed by atoms with van der Waals surface area (Å²) < 4.78 is 0. The molecule has 1 amide bonds. The van der Waals surface area contributed by atoms with Crippen LogP contribution in [0.25, 0.3) is 0 Å². The number of hydrogen-bond donors (Lipinski definition) is 2. The third-order valence-electron chi connectivity index (χ3n) is 3.54. The maximum atomic E-state index is 12.2. The monoisotopic (exact) mass is 275 g/mol. The number of hydrogen-bond acceptors (Lipinski definition) is 3. The van der Waals surface area contributed by atoms with Crippen molar-refractivity contribution in [3.8, 4) is 0 Å². The molecule has 1 aliphatic carbocycles.